The summed E-state index contributed by atoms with van der Waals surface area (Å²) in [7, 11) is 0. The molecule has 0 aromatic heterocycles. The smallest absolute Gasteiger partial charge is 0.270 e. The lowest BCUT2D eigenvalue weighted by Crippen LogP contribution is -1.96. The molecule has 1 aromatic carbocycles. The van der Waals surface area contributed by atoms with Crippen molar-refractivity contribution in [2.24, 2.45) is 5.92 Å². The Hall–Kier alpha value is -2.13. The third-order valence-corrected chi connectivity index (χ3v) is 3.41. The molecule has 0 spiro atoms. The van der Waals surface area contributed by atoms with Crippen LogP contribution in [0, 0.1) is 26.7 Å². The van der Waals surface area contributed by atoms with Gasteiger partial charge in [0.05, 0.1) is 4.92 Å². The van der Waals surface area contributed by atoms with Crippen LogP contribution in [0.2, 0.25) is 0 Å². The van der Waals surface area contributed by atoms with Gasteiger partial charge in [0.15, 0.2) is 5.78 Å². The Kier molecular flexibility index (Phi) is 3.97. The summed E-state index contributed by atoms with van der Waals surface area (Å²) in [5.41, 5.74) is 0.468. The predicted octanol–water partition coefficient (Wildman–Crippen LogP) is 3.13. The second-order valence-electron chi connectivity index (χ2n) is 4.19. The van der Waals surface area contributed by atoms with E-state index in [9.17, 15) is 14.9 Å². The first-order valence-corrected chi connectivity index (χ1v) is 6.50. The third-order valence-electron chi connectivity index (χ3n) is 2.75. The average Bonchev–Trinajstić information content (AvgIpc) is 3.22. The summed E-state index contributed by atoms with van der Waals surface area (Å²) in [6.07, 6.45) is 3.19. The molecular weight excluding hydrogens is 264 g/mol. The van der Waals surface area contributed by atoms with Gasteiger partial charge in [0.25, 0.3) is 5.69 Å². The minimum absolute atomic E-state index is 0.00995. The molecule has 19 heavy (non-hydrogen) atoms. The molecule has 1 aliphatic rings. The number of carbonyl (C=O) groups is 1. The molecule has 0 amide bonds. The zero-order valence-corrected chi connectivity index (χ0v) is 10.7. The monoisotopic (exact) mass is 274 g/mol. The van der Waals surface area contributed by atoms with Crippen molar-refractivity contribution in [2.45, 2.75) is 12.8 Å². The standard InChI is InChI=1S/C13H10N2O3S/c14-8-19-13(7-12(16)9-4-5-9)10-2-1-3-11(6-10)15(17)18/h1-3,6-7,9H,4-5H2/b13-7-. The minimum Gasteiger partial charge on any atom is -0.295 e. The summed E-state index contributed by atoms with van der Waals surface area (Å²) in [4.78, 5) is 22.4. The van der Waals surface area contributed by atoms with E-state index < -0.39 is 4.92 Å². The first-order chi connectivity index (χ1) is 9.11. The van der Waals surface area contributed by atoms with Crippen LogP contribution in [0.1, 0.15) is 18.4 Å². The molecule has 0 radical (unpaired) electrons. The van der Waals surface area contributed by atoms with Gasteiger partial charge < -0.3 is 0 Å². The maximum Gasteiger partial charge on any atom is 0.270 e. The van der Waals surface area contributed by atoms with Crippen molar-refractivity contribution >= 4 is 28.1 Å². The Labute approximate surface area is 114 Å². The molecule has 1 aromatic rings. The maximum atomic E-state index is 11.7. The number of nitriles is 1. The quantitative estimate of drug-likeness (QED) is 0.356. The van der Waals surface area contributed by atoms with Crippen molar-refractivity contribution in [3.8, 4) is 5.40 Å². The molecule has 2 rings (SSSR count). The van der Waals surface area contributed by atoms with Gasteiger partial charge in [-0.15, -0.1) is 0 Å². The fourth-order valence-electron chi connectivity index (χ4n) is 1.61. The molecule has 0 unspecified atom stereocenters. The van der Waals surface area contributed by atoms with Gasteiger partial charge >= 0.3 is 0 Å². The van der Waals surface area contributed by atoms with Crippen molar-refractivity contribution in [3.05, 3.63) is 46.0 Å². The molecule has 1 saturated carbocycles. The van der Waals surface area contributed by atoms with Gasteiger partial charge in [-0.1, -0.05) is 12.1 Å². The lowest BCUT2D eigenvalue weighted by Gasteiger charge is -2.02. The molecule has 0 heterocycles. The van der Waals surface area contributed by atoms with E-state index in [4.69, 9.17) is 5.26 Å². The molecule has 1 fully saturated rings. The van der Waals surface area contributed by atoms with Crippen molar-refractivity contribution in [3.63, 3.8) is 0 Å². The molecule has 0 saturated heterocycles. The second-order valence-corrected chi connectivity index (χ2v) is 5.01. The number of non-ortho nitro benzene ring substituents is 1. The summed E-state index contributed by atoms with van der Waals surface area (Å²) in [5, 5.41) is 21.4. The zero-order chi connectivity index (χ0) is 13.8. The largest absolute Gasteiger partial charge is 0.295 e. The lowest BCUT2D eigenvalue weighted by atomic mass is 10.1. The van der Waals surface area contributed by atoms with Crippen molar-refractivity contribution in [1.82, 2.24) is 0 Å². The first kappa shape index (κ1) is 13.3. The van der Waals surface area contributed by atoms with Gasteiger partial charge in [-0.3, -0.25) is 14.9 Å². The average molecular weight is 274 g/mol. The number of nitro groups is 1. The Morgan fingerprint density at radius 1 is 1.53 bits per heavy atom. The van der Waals surface area contributed by atoms with Crippen LogP contribution in [0.25, 0.3) is 4.91 Å². The summed E-state index contributed by atoms with van der Waals surface area (Å²) in [6.45, 7) is 0. The van der Waals surface area contributed by atoms with E-state index >= 15 is 0 Å². The summed E-state index contributed by atoms with van der Waals surface area (Å²) in [6, 6.07) is 5.95. The van der Waals surface area contributed by atoms with Gasteiger partial charge in [0.2, 0.25) is 0 Å². The molecule has 0 aliphatic heterocycles. The molecule has 6 heteroatoms. The number of nitrogens with zero attached hydrogens (tertiary/aromatic N) is 2. The highest BCUT2D eigenvalue weighted by Gasteiger charge is 2.28. The lowest BCUT2D eigenvalue weighted by molar-refractivity contribution is -0.384. The van der Waals surface area contributed by atoms with Crippen LogP contribution in [-0.2, 0) is 4.79 Å². The highest BCUT2D eigenvalue weighted by atomic mass is 32.2. The Morgan fingerprint density at radius 3 is 2.84 bits per heavy atom. The number of hydrogen-bond acceptors (Lipinski definition) is 5. The molecule has 1 aliphatic carbocycles. The van der Waals surface area contributed by atoms with Crippen LogP contribution in [0.3, 0.4) is 0 Å². The highest BCUT2D eigenvalue weighted by molar-refractivity contribution is 8.12. The van der Waals surface area contributed by atoms with Gasteiger partial charge in [-0.25, -0.2) is 0 Å². The van der Waals surface area contributed by atoms with E-state index in [2.05, 4.69) is 0 Å². The number of ketones is 1. The van der Waals surface area contributed by atoms with Crippen LogP contribution < -0.4 is 0 Å². The van der Waals surface area contributed by atoms with Crippen LogP contribution in [0.5, 0.6) is 0 Å². The number of thiocyanates is 1. The van der Waals surface area contributed by atoms with Crippen LogP contribution >= 0.6 is 11.8 Å². The highest BCUT2D eigenvalue weighted by Crippen LogP contribution is 2.34. The van der Waals surface area contributed by atoms with Crippen LogP contribution in [0.4, 0.5) is 5.69 Å². The summed E-state index contributed by atoms with van der Waals surface area (Å²) < 4.78 is 0. The second kappa shape index (κ2) is 5.67. The van der Waals surface area contributed by atoms with Crippen molar-refractivity contribution < 1.29 is 9.72 Å². The normalized spacial score (nSPS) is 14.8. The molecule has 0 bridgehead atoms. The number of allylic oxidation sites excluding steroid dienone is 1. The SMILES string of the molecule is N#CS/C(=C\C(=O)C1CC1)c1cccc([N+](=O)[O-])c1. The van der Waals surface area contributed by atoms with Crippen molar-refractivity contribution in [1.29, 1.82) is 5.26 Å². The van der Waals surface area contributed by atoms with Crippen LogP contribution in [0.15, 0.2) is 30.3 Å². The topological polar surface area (TPSA) is 84.0 Å². The predicted molar refractivity (Wildman–Crippen MR) is 72.0 cm³/mol. The molecule has 0 N–H and O–H groups in total. The van der Waals surface area contributed by atoms with Crippen LogP contribution in [-0.4, -0.2) is 10.7 Å². The van der Waals surface area contributed by atoms with E-state index in [0.29, 0.717) is 10.5 Å². The van der Waals surface area contributed by atoms with E-state index in [1.54, 1.807) is 12.1 Å². The number of hydrogen-bond donors (Lipinski definition) is 0. The summed E-state index contributed by atoms with van der Waals surface area (Å²) in [5.74, 6) is 0.0530. The van der Waals surface area contributed by atoms with E-state index in [0.717, 1.165) is 24.6 Å². The third kappa shape index (κ3) is 3.42. The van der Waals surface area contributed by atoms with E-state index in [1.165, 1.54) is 18.2 Å². The molecule has 5 nitrogen and oxygen atoms in total. The van der Waals surface area contributed by atoms with Gasteiger partial charge in [-0.2, -0.15) is 5.26 Å². The molecule has 96 valence electrons. The van der Waals surface area contributed by atoms with Gasteiger partial charge in [0.1, 0.15) is 5.40 Å². The maximum absolute atomic E-state index is 11.7. The zero-order valence-electron chi connectivity index (χ0n) is 9.91. The number of thioether (sulfide) groups is 1. The summed E-state index contributed by atoms with van der Waals surface area (Å²) >= 11 is 0.847. The fourth-order valence-corrected chi connectivity index (χ4v) is 2.13. The Bertz CT molecular complexity index is 600. The number of carbonyl (C=O) groups excluding carboxylic acids is 1. The van der Waals surface area contributed by atoms with E-state index in [1.807, 2.05) is 5.40 Å². The number of benzene rings is 1. The fraction of sp³-hybridized carbons (Fsp3) is 0.231. The Morgan fingerprint density at radius 2 is 2.26 bits per heavy atom. The van der Waals surface area contributed by atoms with Gasteiger partial charge in [-0.05, 0) is 36.2 Å². The molecular formula is C13H10N2O3S. The van der Waals surface area contributed by atoms with E-state index in [-0.39, 0.29) is 17.4 Å². The minimum atomic E-state index is -0.499. The van der Waals surface area contributed by atoms with Gasteiger partial charge in [0, 0.05) is 23.0 Å². The Balaban J connectivity index is 2.33. The first-order valence-electron chi connectivity index (χ1n) is 5.68. The molecule has 0 atom stereocenters. The van der Waals surface area contributed by atoms with Crippen molar-refractivity contribution in [2.75, 3.05) is 0 Å². The number of rotatable bonds is 5. The number of nitro benzene ring substituents is 1.